The van der Waals surface area contributed by atoms with Crippen molar-refractivity contribution in [3.05, 3.63) is 118 Å². The molecule has 6 rings (SSSR count). The van der Waals surface area contributed by atoms with Gasteiger partial charge >= 0.3 is 12.1 Å². The van der Waals surface area contributed by atoms with Crippen LogP contribution in [0.15, 0.2) is 90.4 Å². The zero-order valence-electron chi connectivity index (χ0n) is 66.4. The lowest BCUT2D eigenvalue weighted by Crippen LogP contribution is -2.60. The number of hydrogen-bond acceptors (Lipinski definition) is 21. The molecule has 1 saturated heterocycles. The summed E-state index contributed by atoms with van der Waals surface area (Å²) >= 11 is 1.47. The van der Waals surface area contributed by atoms with Gasteiger partial charge in [0.05, 0.1) is 113 Å². The van der Waals surface area contributed by atoms with Gasteiger partial charge in [0, 0.05) is 65.1 Å². The maximum absolute atomic E-state index is 14.9. The highest BCUT2D eigenvalue weighted by molar-refractivity contribution is 7.09. The van der Waals surface area contributed by atoms with Gasteiger partial charge in [-0.3, -0.25) is 52.9 Å². The van der Waals surface area contributed by atoms with Crippen molar-refractivity contribution in [2.45, 2.75) is 175 Å². The number of likely N-dealkylation sites (tertiary alicyclic amines) is 1. The van der Waals surface area contributed by atoms with Crippen molar-refractivity contribution in [1.82, 2.24) is 51.3 Å². The fourth-order valence-corrected chi connectivity index (χ4v) is 14.2. The van der Waals surface area contributed by atoms with E-state index >= 15 is 0 Å². The van der Waals surface area contributed by atoms with Crippen molar-refractivity contribution in [2.24, 2.45) is 35.3 Å². The van der Waals surface area contributed by atoms with E-state index in [-0.39, 0.29) is 133 Å². The molecule has 11 atom stereocenters. The molecule has 32 heteroatoms. The molecule has 612 valence electrons. The van der Waals surface area contributed by atoms with Crippen molar-refractivity contribution >= 4 is 82.3 Å². The van der Waals surface area contributed by atoms with Gasteiger partial charge in [-0.1, -0.05) is 123 Å². The largest absolute Gasteiger partial charge is 0.445 e. The van der Waals surface area contributed by atoms with E-state index in [0.29, 0.717) is 43.5 Å². The summed E-state index contributed by atoms with van der Waals surface area (Å²) < 4.78 is 40.0. The number of hydrogen-bond donors (Lipinski definition) is 7. The summed E-state index contributed by atoms with van der Waals surface area (Å²) in [5.74, 6) is -6.26. The third kappa shape index (κ3) is 27.7. The Hall–Kier alpha value is -9.02. The molecule has 8 N–H and O–H groups in total. The number of anilines is 1. The Kier molecular flexibility index (Phi) is 38.2. The molecule has 0 aliphatic carbocycles. The average molecular weight is 1570 g/mol. The van der Waals surface area contributed by atoms with Crippen LogP contribution < -0.4 is 37.6 Å². The number of benzene rings is 3. The number of amides is 12. The maximum atomic E-state index is 14.9. The number of primary amides is 1. The van der Waals surface area contributed by atoms with Crippen LogP contribution >= 0.6 is 11.3 Å². The summed E-state index contributed by atoms with van der Waals surface area (Å²) in [6.45, 7) is 18.4. The number of rotatable bonds is 49. The second-order valence-electron chi connectivity index (χ2n) is 28.7. The number of imide groups is 1. The Morgan fingerprint density at radius 1 is 0.658 bits per heavy atom. The van der Waals surface area contributed by atoms with Gasteiger partial charge in [-0.2, -0.15) is 0 Å². The third-order valence-corrected chi connectivity index (χ3v) is 20.6. The molecule has 0 spiro atoms. The van der Waals surface area contributed by atoms with Crippen LogP contribution in [0.25, 0.3) is 0 Å². The van der Waals surface area contributed by atoms with Gasteiger partial charge in [0.1, 0.15) is 35.8 Å². The normalized spacial score (nSPS) is 16.2. The van der Waals surface area contributed by atoms with E-state index in [4.69, 9.17) is 43.7 Å². The Balaban J connectivity index is 0.948. The molecule has 3 aromatic carbocycles. The number of nitrogens with two attached hydrogens (primary N) is 1. The summed E-state index contributed by atoms with van der Waals surface area (Å²) in [6, 6.07) is 16.2. The van der Waals surface area contributed by atoms with Crippen molar-refractivity contribution in [1.29, 1.82) is 0 Å². The average Bonchev–Trinajstić information content (AvgIpc) is 1.66. The number of fused-ring (bicyclic) bond motifs is 1. The van der Waals surface area contributed by atoms with Crippen molar-refractivity contribution in [3.63, 3.8) is 0 Å². The predicted octanol–water partition coefficient (Wildman–Crippen LogP) is 6.59. The summed E-state index contributed by atoms with van der Waals surface area (Å²) in [5.41, 5.74) is 7.76. The first kappa shape index (κ1) is 90.9. The Bertz CT molecular complexity index is 3600. The number of carbonyl (C=O) groups excluding carboxylic acids is 11. The third-order valence-electron chi connectivity index (χ3n) is 19.7. The van der Waals surface area contributed by atoms with Gasteiger partial charge < -0.3 is 80.6 Å². The van der Waals surface area contributed by atoms with E-state index in [1.807, 2.05) is 70.3 Å². The molecule has 12 amide bonds. The van der Waals surface area contributed by atoms with Crippen LogP contribution in [0.4, 0.5) is 15.3 Å². The number of carbonyl (C=O) groups is 11. The van der Waals surface area contributed by atoms with Gasteiger partial charge in [-0.25, -0.2) is 14.6 Å². The van der Waals surface area contributed by atoms with Crippen molar-refractivity contribution in [2.75, 3.05) is 106 Å². The molecule has 4 aromatic rings. The van der Waals surface area contributed by atoms with E-state index in [2.05, 4.69) is 36.9 Å². The lowest BCUT2D eigenvalue weighted by molar-refractivity contribution is -0.148. The minimum atomic E-state index is -1.13. The zero-order valence-corrected chi connectivity index (χ0v) is 67.2. The first-order valence-electron chi connectivity index (χ1n) is 38.1. The molecule has 2 aliphatic rings. The summed E-state index contributed by atoms with van der Waals surface area (Å²) in [5, 5.41) is 20.4. The Labute approximate surface area is 655 Å². The van der Waals surface area contributed by atoms with E-state index in [1.165, 1.54) is 30.4 Å². The quantitative estimate of drug-likeness (QED) is 0.0181. The number of methoxy groups -OCH3 is 2. The Morgan fingerprint density at radius 3 is 1.82 bits per heavy atom. The number of urea groups is 1. The number of nitrogens with one attached hydrogen (secondary N) is 6. The van der Waals surface area contributed by atoms with Gasteiger partial charge in [-0.15, -0.1) is 16.4 Å². The number of nitrogens with zero attached hydrogens (tertiary/aromatic N) is 5. The maximum Gasteiger partial charge on any atom is 0.410 e. The topological polar surface area (TPSA) is 386 Å². The lowest BCUT2D eigenvalue weighted by atomic mass is 9.89. The first-order valence-corrected chi connectivity index (χ1v) is 39.0. The minimum absolute atomic E-state index is 0.00619. The van der Waals surface area contributed by atoms with Gasteiger partial charge in [0.2, 0.25) is 41.4 Å². The molecule has 0 bridgehead atoms. The monoisotopic (exact) mass is 1570 g/mol. The molecule has 1 aromatic heterocycles. The molecule has 111 heavy (non-hydrogen) atoms. The molecule has 31 nitrogen and oxygen atoms in total. The molecular weight excluding hydrogens is 1450 g/mol. The standard InChI is InChI=1S/C79H116N12O19S/c1-14-52(8)68(62(103-12)47-64(93)90-35-21-27-61(90)69(104-13)53(9)70(94)85-60(74-81-34-45-111-74)46-54-22-16-15-17-23-54)88(10)77(100)66(50(4)5)87-73(97)67(51(6)7)89(11)79(102)109-48-55-28-30-56(31-29-55)83-71(95)59(26-20-33-82-78(80)101)84-72(96)65(49(2)3)86-63(92)32-36-105-37-38-106-39-40-107-41-42-108-43-44-110-91-75(98)57-24-18-19-25-58(57)76(91)99/h15-19,22-25,28-31,34,45,49-53,59-62,65-69H,14,20-21,26-27,32-33,35-44,46-48H2,1-13H3,(H,83,95)(H,84,96)(H,85,94)(H,86,92)(H,87,97)(H3,80,82,101)/t52-,53+,59-,60-,61-,62+,65-,66-,67-,68-,69+/m0/s1. The predicted molar refractivity (Wildman–Crippen MR) is 414 cm³/mol. The van der Waals surface area contributed by atoms with Crippen LogP contribution in [-0.2, 0) is 84.6 Å². The highest BCUT2D eigenvalue weighted by Crippen LogP contribution is 2.32. The van der Waals surface area contributed by atoms with Crippen LogP contribution in [-0.4, -0.2) is 239 Å². The molecule has 3 heterocycles. The molecular formula is C79H116N12O19S. The van der Waals surface area contributed by atoms with E-state index in [1.54, 1.807) is 106 Å². The van der Waals surface area contributed by atoms with E-state index < -0.39 is 126 Å². The van der Waals surface area contributed by atoms with Crippen LogP contribution in [0.5, 0.6) is 0 Å². The number of ether oxygens (including phenoxy) is 7. The summed E-state index contributed by atoms with van der Waals surface area (Å²) in [6.07, 6.45) is 2.11. The molecule has 0 saturated carbocycles. The van der Waals surface area contributed by atoms with E-state index in [9.17, 15) is 52.7 Å². The lowest BCUT2D eigenvalue weighted by Gasteiger charge is -2.41. The van der Waals surface area contributed by atoms with E-state index in [0.717, 1.165) is 15.6 Å². The minimum Gasteiger partial charge on any atom is -0.445 e. The van der Waals surface area contributed by atoms with Crippen LogP contribution in [0.3, 0.4) is 0 Å². The summed E-state index contributed by atoms with van der Waals surface area (Å²) in [4.78, 5) is 164. The van der Waals surface area contributed by atoms with Crippen LogP contribution in [0.1, 0.15) is 150 Å². The molecule has 0 unspecified atom stereocenters. The van der Waals surface area contributed by atoms with Gasteiger partial charge in [0.15, 0.2) is 0 Å². The highest BCUT2D eigenvalue weighted by Gasteiger charge is 2.45. The highest BCUT2D eigenvalue weighted by atomic mass is 32.1. The van der Waals surface area contributed by atoms with Crippen molar-refractivity contribution < 1.29 is 90.7 Å². The molecule has 1 fully saturated rings. The number of thiazole rings is 1. The summed E-state index contributed by atoms with van der Waals surface area (Å²) in [7, 11) is 6.15. The molecule has 0 radical (unpaired) electrons. The zero-order chi connectivity index (χ0) is 81.3. The van der Waals surface area contributed by atoms with Crippen molar-refractivity contribution in [3.8, 4) is 0 Å². The van der Waals surface area contributed by atoms with Crippen LogP contribution in [0, 0.1) is 29.6 Å². The Morgan fingerprint density at radius 2 is 1.26 bits per heavy atom. The second kappa shape index (κ2) is 46.7. The first-order chi connectivity index (χ1) is 53.1. The van der Waals surface area contributed by atoms with Gasteiger partial charge in [0.25, 0.3) is 11.8 Å². The van der Waals surface area contributed by atoms with Crippen LogP contribution in [0.2, 0.25) is 0 Å². The van der Waals surface area contributed by atoms with Gasteiger partial charge in [-0.05, 0) is 91.2 Å². The fraction of sp³-hybridized carbons (Fsp3) is 0.595. The number of likely N-dealkylation sites (N-methyl/N-ethyl adjacent to an activating group) is 2. The SMILES string of the molecule is CC[C@H](C)[C@@H]([C@@H](CC(=O)N1CCC[C@H]1[C@H](OC)[C@@H](C)C(=O)N[C@@H](Cc1ccccc1)c1nccs1)OC)N(C)C(=O)[C@@H](NC(=O)[C@H](C(C)C)N(C)C(=O)OCc1ccc(NC(=O)[C@H](CCCNC(N)=O)NC(=O)[C@@H](NC(=O)CCOCCOCCOCCOCCON2C(=O)c3ccccc3C2=O)C(C)C)cc1)C(C)C. The number of aromatic nitrogens is 1. The number of hydroxylamine groups is 2. The smallest absolute Gasteiger partial charge is 0.410 e. The second-order valence-corrected chi connectivity index (χ2v) is 29.7. The molecule has 2 aliphatic heterocycles. The fourth-order valence-electron chi connectivity index (χ4n) is 13.5.